The van der Waals surface area contributed by atoms with Gasteiger partial charge in [-0.1, -0.05) is 35.9 Å². The highest BCUT2D eigenvalue weighted by molar-refractivity contribution is 6.30. The molecule has 5 heteroatoms. The number of nitrogens with one attached hydrogen (secondary N) is 2. The molecule has 4 nitrogen and oxygen atoms in total. The maximum Gasteiger partial charge on any atom is 0.238 e. The number of carbonyl (C=O) groups is 2. The molecule has 0 heterocycles. The van der Waals surface area contributed by atoms with Crippen molar-refractivity contribution in [2.45, 2.75) is 19.9 Å². The summed E-state index contributed by atoms with van der Waals surface area (Å²) in [5, 5.41) is 6.59. The van der Waals surface area contributed by atoms with Gasteiger partial charge in [-0.3, -0.25) is 9.59 Å². The summed E-state index contributed by atoms with van der Waals surface area (Å²) in [7, 11) is 0. The second-order valence-corrected chi connectivity index (χ2v) is 5.78. The van der Waals surface area contributed by atoms with Gasteiger partial charge in [-0.15, -0.1) is 0 Å². The van der Waals surface area contributed by atoms with Crippen molar-refractivity contribution >= 4 is 29.0 Å². The summed E-state index contributed by atoms with van der Waals surface area (Å²) >= 11 is 5.96. The van der Waals surface area contributed by atoms with Crippen LogP contribution in [0.2, 0.25) is 5.02 Å². The zero-order valence-electron chi connectivity index (χ0n) is 13.1. The van der Waals surface area contributed by atoms with Crippen molar-refractivity contribution in [3.8, 4) is 0 Å². The zero-order chi connectivity index (χ0) is 16.8. The van der Waals surface area contributed by atoms with Crippen LogP contribution in [-0.4, -0.2) is 18.2 Å². The third kappa shape index (κ3) is 5.20. The molecule has 0 spiro atoms. The Hall–Kier alpha value is -2.17. The van der Waals surface area contributed by atoms with Crippen LogP contribution in [0.4, 0.5) is 5.69 Å². The number of hydrogen-bond acceptors (Lipinski definition) is 3. The van der Waals surface area contributed by atoms with Crippen LogP contribution >= 0.6 is 11.6 Å². The van der Waals surface area contributed by atoms with Crippen LogP contribution in [0.25, 0.3) is 0 Å². The summed E-state index contributed by atoms with van der Waals surface area (Å²) in [6.07, 6.45) is 0. The highest BCUT2D eigenvalue weighted by Crippen LogP contribution is 2.17. The lowest BCUT2D eigenvalue weighted by Gasteiger charge is -2.14. The van der Waals surface area contributed by atoms with Gasteiger partial charge < -0.3 is 10.6 Å². The molecule has 1 atom stereocenters. The van der Waals surface area contributed by atoms with E-state index < -0.39 is 0 Å². The second-order valence-electron chi connectivity index (χ2n) is 5.34. The maximum absolute atomic E-state index is 12.0. The van der Waals surface area contributed by atoms with Crippen molar-refractivity contribution in [2.75, 3.05) is 11.9 Å². The van der Waals surface area contributed by atoms with Crippen LogP contribution in [0.15, 0.2) is 48.5 Å². The Bertz CT molecular complexity index is 716. The third-order valence-electron chi connectivity index (χ3n) is 3.47. The Morgan fingerprint density at radius 3 is 2.57 bits per heavy atom. The SMILES string of the molecule is CC(=O)c1cccc(NC(=O)CN[C@@H](C)c2cccc(Cl)c2)c1. The first-order valence-corrected chi connectivity index (χ1v) is 7.73. The van der Waals surface area contributed by atoms with Gasteiger partial charge in [0.1, 0.15) is 0 Å². The van der Waals surface area contributed by atoms with E-state index in [0.29, 0.717) is 16.3 Å². The van der Waals surface area contributed by atoms with E-state index in [0.717, 1.165) is 5.56 Å². The number of halogens is 1. The fourth-order valence-electron chi connectivity index (χ4n) is 2.16. The largest absolute Gasteiger partial charge is 0.325 e. The van der Waals surface area contributed by atoms with Gasteiger partial charge >= 0.3 is 0 Å². The molecule has 0 bridgehead atoms. The van der Waals surface area contributed by atoms with Crippen molar-refractivity contribution in [3.63, 3.8) is 0 Å². The van der Waals surface area contributed by atoms with Gasteiger partial charge in [0.2, 0.25) is 5.91 Å². The van der Waals surface area contributed by atoms with Gasteiger partial charge in [0.15, 0.2) is 5.78 Å². The van der Waals surface area contributed by atoms with Gasteiger partial charge in [0.05, 0.1) is 6.54 Å². The van der Waals surface area contributed by atoms with E-state index in [2.05, 4.69) is 10.6 Å². The predicted molar refractivity (Wildman–Crippen MR) is 92.9 cm³/mol. The lowest BCUT2D eigenvalue weighted by atomic mass is 10.1. The average Bonchev–Trinajstić information content (AvgIpc) is 2.53. The second kappa shape index (κ2) is 7.90. The van der Waals surface area contributed by atoms with Crippen LogP contribution in [0.3, 0.4) is 0 Å². The lowest BCUT2D eigenvalue weighted by molar-refractivity contribution is -0.115. The summed E-state index contributed by atoms with van der Waals surface area (Å²) < 4.78 is 0. The molecule has 0 aliphatic rings. The number of rotatable bonds is 6. The maximum atomic E-state index is 12.0. The van der Waals surface area contributed by atoms with Crippen LogP contribution in [0.5, 0.6) is 0 Å². The number of ketones is 1. The number of Topliss-reactive ketones (excluding diaryl/α,β-unsaturated/α-hetero) is 1. The number of amides is 1. The highest BCUT2D eigenvalue weighted by Gasteiger charge is 2.09. The standard InChI is InChI=1S/C18H19ClN2O2/c1-12(14-5-3-7-16(19)9-14)20-11-18(23)21-17-8-4-6-15(10-17)13(2)22/h3-10,12,20H,11H2,1-2H3,(H,21,23)/t12-/m0/s1. The summed E-state index contributed by atoms with van der Waals surface area (Å²) in [5.74, 6) is -0.201. The van der Waals surface area contributed by atoms with E-state index in [1.807, 2.05) is 31.2 Å². The molecular formula is C18H19ClN2O2. The Morgan fingerprint density at radius 1 is 1.13 bits per heavy atom. The molecule has 0 fully saturated rings. The number of benzene rings is 2. The molecule has 0 unspecified atom stereocenters. The van der Waals surface area contributed by atoms with Crippen LogP contribution < -0.4 is 10.6 Å². The molecule has 0 aliphatic carbocycles. The van der Waals surface area contributed by atoms with Gasteiger partial charge in [-0.05, 0) is 43.7 Å². The first-order chi connectivity index (χ1) is 11.0. The molecule has 2 aromatic rings. The van der Waals surface area contributed by atoms with Crippen molar-refractivity contribution in [1.82, 2.24) is 5.32 Å². The van der Waals surface area contributed by atoms with E-state index in [9.17, 15) is 9.59 Å². The van der Waals surface area contributed by atoms with E-state index in [1.54, 1.807) is 24.3 Å². The highest BCUT2D eigenvalue weighted by atomic mass is 35.5. The summed E-state index contributed by atoms with van der Waals surface area (Å²) in [6.45, 7) is 3.63. The Balaban J connectivity index is 1.90. The molecule has 0 radical (unpaired) electrons. The van der Waals surface area contributed by atoms with Crippen LogP contribution in [0, 0.1) is 0 Å². The monoisotopic (exact) mass is 330 g/mol. The van der Waals surface area contributed by atoms with Crippen molar-refractivity contribution in [3.05, 3.63) is 64.7 Å². The first kappa shape index (κ1) is 17.2. The molecule has 2 rings (SSSR count). The molecule has 1 amide bonds. The quantitative estimate of drug-likeness (QED) is 0.791. The first-order valence-electron chi connectivity index (χ1n) is 7.35. The molecule has 0 aliphatic heterocycles. The van der Waals surface area contributed by atoms with E-state index in [4.69, 9.17) is 11.6 Å². The molecule has 2 N–H and O–H groups in total. The minimum absolute atomic E-state index is 0.00278. The number of hydrogen-bond donors (Lipinski definition) is 2. The summed E-state index contributed by atoms with van der Waals surface area (Å²) in [4.78, 5) is 23.4. The lowest BCUT2D eigenvalue weighted by Crippen LogP contribution is -2.30. The van der Waals surface area contributed by atoms with Crippen molar-refractivity contribution in [2.24, 2.45) is 0 Å². The molecule has 0 saturated carbocycles. The average molecular weight is 331 g/mol. The topological polar surface area (TPSA) is 58.2 Å². The van der Waals surface area contributed by atoms with Crippen molar-refractivity contribution in [1.29, 1.82) is 0 Å². The predicted octanol–water partition coefficient (Wildman–Crippen LogP) is 3.83. The Kier molecular flexibility index (Phi) is 5.90. The summed E-state index contributed by atoms with van der Waals surface area (Å²) in [6, 6.07) is 14.4. The molecule has 2 aromatic carbocycles. The van der Waals surface area contributed by atoms with Crippen molar-refractivity contribution < 1.29 is 9.59 Å². The fourth-order valence-corrected chi connectivity index (χ4v) is 2.36. The minimum atomic E-state index is -0.167. The zero-order valence-corrected chi connectivity index (χ0v) is 13.9. The van der Waals surface area contributed by atoms with E-state index >= 15 is 0 Å². The van der Waals surface area contributed by atoms with Gasteiger partial charge in [-0.25, -0.2) is 0 Å². The molecule has 120 valence electrons. The summed E-state index contributed by atoms with van der Waals surface area (Å²) in [5.41, 5.74) is 2.20. The smallest absolute Gasteiger partial charge is 0.238 e. The molecule has 0 aromatic heterocycles. The minimum Gasteiger partial charge on any atom is -0.325 e. The van der Waals surface area contributed by atoms with Gasteiger partial charge in [0.25, 0.3) is 0 Å². The normalized spacial score (nSPS) is 11.8. The number of anilines is 1. The van der Waals surface area contributed by atoms with E-state index in [-0.39, 0.29) is 24.3 Å². The number of carbonyl (C=O) groups excluding carboxylic acids is 2. The van der Waals surface area contributed by atoms with Crippen LogP contribution in [-0.2, 0) is 4.79 Å². The Morgan fingerprint density at radius 2 is 1.87 bits per heavy atom. The molecule has 23 heavy (non-hydrogen) atoms. The van der Waals surface area contributed by atoms with Crippen LogP contribution in [0.1, 0.15) is 35.8 Å². The molecule has 0 saturated heterocycles. The Labute approximate surface area is 140 Å². The van der Waals surface area contributed by atoms with Gasteiger partial charge in [-0.2, -0.15) is 0 Å². The third-order valence-corrected chi connectivity index (χ3v) is 3.71. The van der Waals surface area contributed by atoms with Gasteiger partial charge in [0, 0.05) is 22.3 Å². The molecular weight excluding hydrogens is 312 g/mol. The fraction of sp³-hybridized carbons (Fsp3) is 0.222. The van der Waals surface area contributed by atoms with E-state index in [1.165, 1.54) is 6.92 Å².